The lowest BCUT2D eigenvalue weighted by atomic mass is 10.2. The molecule has 0 radical (unpaired) electrons. The van der Waals surface area contributed by atoms with Gasteiger partial charge in [0.2, 0.25) is 0 Å². The van der Waals surface area contributed by atoms with E-state index in [0.29, 0.717) is 20.4 Å². The third-order valence-electron chi connectivity index (χ3n) is 2.79. The SMILES string of the molecule is Cc1cc([N+](=O)[O-])ccc1N=Cc1cc(Br)cc(I)c1O. The fraction of sp³-hybridized carbons (Fsp3) is 0.0714. The molecule has 1 N–H and O–H groups in total. The molecular weight excluding hydrogens is 451 g/mol. The smallest absolute Gasteiger partial charge is 0.269 e. The number of aliphatic imine (C=N–C) groups is 1. The molecule has 0 unspecified atom stereocenters. The van der Waals surface area contributed by atoms with Gasteiger partial charge in [-0.05, 0) is 53.3 Å². The number of nitrogens with zero attached hydrogens (tertiary/aromatic N) is 2. The van der Waals surface area contributed by atoms with Gasteiger partial charge >= 0.3 is 0 Å². The molecule has 0 heterocycles. The largest absolute Gasteiger partial charge is 0.506 e. The quantitative estimate of drug-likeness (QED) is 0.311. The molecular formula is C14H10BrIN2O3. The average molecular weight is 461 g/mol. The molecule has 0 saturated heterocycles. The Morgan fingerprint density at radius 3 is 2.71 bits per heavy atom. The summed E-state index contributed by atoms with van der Waals surface area (Å²) in [6.45, 7) is 1.75. The zero-order valence-corrected chi connectivity index (χ0v) is 14.6. The minimum absolute atomic E-state index is 0.0336. The van der Waals surface area contributed by atoms with Crippen LogP contribution in [0.25, 0.3) is 0 Å². The van der Waals surface area contributed by atoms with Crippen molar-refractivity contribution in [1.29, 1.82) is 0 Å². The predicted octanol–water partition coefficient (Wildman–Crippen LogP) is 4.73. The molecule has 0 fully saturated rings. The van der Waals surface area contributed by atoms with Gasteiger partial charge in [-0.3, -0.25) is 15.1 Å². The van der Waals surface area contributed by atoms with Gasteiger partial charge in [-0.2, -0.15) is 0 Å². The zero-order valence-electron chi connectivity index (χ0n) is 10.9. The number of hydrogen-bond donors (Lipinski definition) is 1. The lowest BCUT2D eigenvalue weighted by Gasteiger charge is -2.04. The van der Waals surface area contributed by atoms with Gasteiger partial charge in [0.05, 0.1) is 14.2 Å². The molecule has 0 aliphatic rings. The maximum atomic E-state index is 10.7. The first kappa shape index (κ1) is 15.9. The topological polar surface area (TPSA) is 75.7 Å². The van der Waals surface area contributed by atoms with E-state index in [1.165, 1.54) is 18.3 Å². The van der Waals surface area contributed by atoms with Gasteiger partial charge < -0.3 is 5.11 Å². The van der Waals surface area contributed by atoms with Crippen LogP contribution in [-0.4, -0.2) is 16.2 Å². The Kier molecular flexibility index (Phi) is 4.94. The Morgan fingerprint density at radius 1 is 1.38 bits per heavy atom. The van der Waals surface area contributed by atoms with Crippen LogP contribution in [0.4, 0.5) is 11.4 Å². The second-order valence-electron chi connectivity index (χ2n) is 4.31. The first-order valence-electron chi connectivity index (χ1n) is 5.85. The van der Waals surface area contributed by atoms with E-state index < -0.39 is 4.92 Å². The molecule has 0 aliphatic carbocycles. The number of aromatic hydroxyl groups is 1. The maximum absolute atomic E-state index is 10.7. The van der Waals surface area contributed by atoms with Crippen molar-refractivity contribution >= 4 is 56.1 Å². The van der Waals surface area contributed by atoms with E-state index in [-0.39, 0.29) is 11.4 Å². The van der Waals surface area contributed by atoms with Crippen LogP contribution in [-0.2, 0) is 0 Å². The third-order valence-corrected chi connectivity index (χ3v) is 4.07. The normalized spacial score (nSPS) is 11.0. The van der Waals surface area contributed by atoms with Crippen LogP contribution in [0.1, 0.15) is 11.1 Å². The van der Waals surface area contributed by atoms with Crippen molar-refractivity contribution in [1.82, 2.24) is 0 Å². The summed E-state index contributed by atoms with van der Waals surface area (Å²) >= 11 is 5.39. The fourth-order valence-electron chi connectivity index (χ4n) is 1.72. The number of hydrogen-bond acceptors (Lipinski definition) is 4. The first-order valence-corrected chi connectivity index (χ1v) is 7.73. The van der Waals surface area contributed by atoms with Gasteiger partial charge in [-0.1, -0.05) is 15.9 Å². The highest BCUT2D eigenvalue weighted by molar-refractivity contribution is 14.1. The summed E-state index contributed by atoms with van der Waals surface area (Å²) in [7, 11) is 0. The van der Waals surface area contributed by atoms with Crippen molar-refractivity contribution in [2.75, 3.05) is 0 Å². The van der Waals surface area contributed by atoms with Crippen LogP contribution in [0.5, 0.6) is 5.75 Å². The van der Waals surface area contributed by atoms with Crippen molar-refractivity contribution in [3.05, 3.63) is 59.6 Å². The molecule has 0 atom stereocenters. The zero-order chi connectivity index (χ0) is 15.6. The highest BCUT2D eigenvalue weighted by Gasteiger charge is 2.08. The van der Waals surface area contributed by atoms with Gasteiger partial charge in [0.25, 0.3) is 5.69 Å². The molecule has 0 amide bonds. The molecule has 21 heavy (non-hydrogen) atoms. The van der Waals surface area contributed by atoms with Crippen LogP contribution in [0, 0.1) is 20.6 Å². The maximum Gasteiger partial charge on any atom is 0.269 e. The van der Waals surface area contributed by atoms with E-state index in [1.54, 1.807) is 25.1 Å². The van der Waals surface area contributed by atoms with Crippen LogP contribution >= 0.6 is 38.5 Å². The summed E-state index contributed by atoms with van der Waals surface area (Å²) in [5, 5.41) is 20.7. The van der Waals surface area contributed by atoms with Gasteiger partial charge in [-0.15, -0.1) is 0 Å². The van der Waals surface area contributed by atoms with E-state index in [2.05, 4.69) is 20.9 Å². The number of aryl methyl sites for hydroxylation is 1. The Labute approximate surface area is 143 Å². The minimum atomic E-state index is -0.441. The number of phenols is 1. The number of nitro benzene ring substituents is 1. The molecule has 2 aromatic rings. The second-order valence-corrected chi connectivity index (χ2v) is 6.39. The van der Waals surface area contributed by atoms with Crippen LogP contribution in [0.2, 0.25) is 0 Å². The van der Waals surface area contributed by atoms with Crippen LogP contribution in [0.3, 0.4) is 0 Å². The van der Waals surface area contributed by atoms with Crippen molar-refractivity contribution in [2.45, 2.75) is 6.92 Å². The number of benzene rings is 2. The summed E-state index contributed by atoms with van der Waals surface area (Å²) < 4.78 is 1.55. The number of phenolic OH excluding ortho intramolecular Hbond substituents is 1. The Balaban J connectivity index is 2.36. The summed E-state index contributed by atoms with van der Waals surface area (Å²) in [4.78, 5) is 14.5. The standard InChI is InChI=1S/C14H10BrIN2O3/c1-8-4-11(18(20)21)2-3-13(8)17-7-9-5-10(15)6-12(16)14(9)19/h2-7,19H,1H3. The molecule has 0 bridgehead atoms. The summed E-state index contributed by atoms with van der Waals surface area (Å²) in [5.74, 6) is 0.155. The molecule has 0 spiro atoms. The molecule has 7 heteroatoms. The predicted molar refractivity (Wildman–Crippen MR) is 93.6 cm³/mol. The van der Waals surface area contributed by atoms with Gasteiger partial charge in [-0.25, -0.2) is 0 Å². The Bertz CT molecular complexity index is 747. The molecule has 2 aromatic carbocycles. The van der Waals surface area contributed by atoms with Gasteiger partial charge in [0, 0.05) is 28.4 Å². The van der Waals surface area contributed by atoms with Gasteiger partial charge in [0.1, 0.15) is 5.75 Å². The van der Waals surface area contributed by atoms with E-state index in [4.69, 9.17) is 0 Å². The van der Waals surface area contributed by atoms with Crippen molar-refractivity contribution in [3.8, 4) is 5.75 Å². The first-order chi connectivity index (χ1) is 9.88. The molecule has 0 saturated carbocycles. The summed E-state index contributed by atoms with van der Waals surface area (Å²) in [6.07, 6.45) is 1.54. The van der Waals surface area contributed by atoms with Crippen molar-refractivity contribution < 1.29 is 10.0 Å². The molecule has 5 nitrogen and oxygen atoms in total. The second kappa shape index (κ2) is 6.52. The number of nitro groups is 1. The van der Waals surface area contributed by atoms with Gasteiger partial charge in [0.15, 0.2) is 0 Å². The lowest BCUT2D eigenvalue weighted by Crippen LogP contribution is -1.89. The minimum Gasteiger partial charge on any atom is -0.506 e. The van der Waals surface area contributed by atoms with E-state index in [1.807, 2.05) is 22.6 Å². The Hall–Kier alpha value is -1.48. The van der Waals surface area contributed by atoms with Crippen LogP contribution < -0.4 is 0 Å². The van der Waals surface area contributed by atoms with E-state index in [9.17, 15) is 15.2 Å². The van der Waals surface area contributed by atoms with Crippen molar-refractivity contribution in [2.24, 2.45) is 4.99 Å². The molecule has 0 aliphatic heterocycles. The summed E-state index contributed by atoms with van der Waals surface area (Å²) in [6, 6.07) is 8.01. The Morgan fingerprint density at radius 2 is 2.10 bits per heavy atom. The molecule has 108 valence electrons. The fourth-order valence-corrected chi connectivity index (χ4v) is 3.27. The number of rotatable bonds is 3. The molecule has 0 aromatic heterocycles. The van der Waals surface area contributed by atoms with Crippen LogP contribution in [0.15, 0.2) is 39.8 Å². The summed E-state index contributed by atoms with van der Waals surface area (Å²) in [5.41, 5.74) is 1.93. The lowest BCUT2D eigenvalue weighted by molar-refractivity contribution is -0.384. The van der Waals surface area contributed by atoms with E-state index >= 15 is 0 Å². The third kappa shape index (κ3) is 3.79. The number of halogens is 2. The highest BCUT2D eigenvalue weighted by atomic mass is 127. The average Bonchev–Trinajstić information content (AvgIpc) is 2.42. The monoisotopic (exact) mass is 460 g/mol. The van der Waals surface area contributed by atoms with Crippen molar-refractivity contribution in [3.63, 3.8) is 0 Å². The number of non-ortho nitro benzene ring substituents is 1. The molecule has 2 rings (SSSR count). The highest BCUT2D eigenvalue weighted by Crippen LogP contribution is 2.29. The van der Waals surface area contributed by atoms with E-state index in [0.717, 1.165) is 4.47 Å².